The Bertz CT molecular complexity index is 802. The molecule has 21 heavy (non-hydrogen) atoms. The first-order chi connectivity index (χ1) is 9.81. The van der Waals surface area contributed by atoms with E-state index in [1.807, 2.05) is 0 Å². The van der Waals surface area contributed by atoms with E-state index in [4.69, 9.17) is 5.26 Å². The second kappa shape index (κ2) is 5.50. The van der Waals surface area contributed by atoms with E-state index >= 15 is 0 Å². The lowest BCUT2D eigenvalue weighted by atomic mass is 10.2. The van der Waals surface area contributed by atoms with Crippen LogP contribution in [0.15, 0.2) is 41.3 Å². The predicted molar refractivity (Wildman–Crippen MR) is 73.9 cm³/mol. The minimum atomic E-state index is -3.33. The number of halogens is 2. The highest BCUT2D eigenvalue weighted by molar-refractivity contribution is 7.90. The van der Waals surface area contributed by atoms with Crippen LogP contribution in [0.2, 0.25) is 0 Å². The lowest BCUT2D eigenvalue weighted by molar-refractivity contribution is 0.590. The van der Waals surface area contributed by atoms with Gasteiger partial charge in [0.2, 0.25) is 0 Å². The molecule has 2 aromatic carbocycles. The van der Waals surface area contributed by atoms with Crippen molar-refractivity contribution in [2.45, 2.75) is 4.90 Å². The summed E-state index contributed by atoms with van der Waals surface area (Å²) in [5, 5.41) is 11.1. The van der Waals surface area contributed by atoms with E-state index < -0.39 is 27.2 Å². The van der Waals surface area contributed by atoms with Gasteiger partial charge in [-0.1, -0.05) is 0 Å². The van der Waals surface area contributed by atoms with Crippen molar-refractivity contribution in [3.05, 3.63) is 53.6 Å². The lowest BCUT2D eigenvalue weighted by Crippen LogP contribution is -2.00. The van der Waals surface area contributed by atoms with Gasteiger partial charge in [-0.05, 0) is 36.4 Å². The van der Waals surface area contributed by atoms with Crippen molar-refractivity contribution in [1.29, 1.82) is 5.26 Å². The van der Waals surface area contributed by atoms with Crippen LogP contribution in [-0.4, -0.2) is 14.7 Å². The molecular weight excluding hydrogens is 298 g/mol. The van der Waals surface area contributed by atoms with Crippen LogP contribution in [0.3, 0.4) is 0 Å². The van der Waals surface area contributed by atoms with Crippen LogP contribution in [0.4, 0.5) is 20.2 Å². The van der Waals surface area contributed by atoms with Crippen LogP contribution in [0.1, 0.15) is 5.56 Å². The summed E-state index contributed by atoms with van der Waals surface area (Å²) in [5.41, 5.74) is -0.200. The molecule has 0 amide bonds. The smallest absolute Gasteiger partial charge is 0.175 e. The molecule has 0 unspecified atom stereocenters. The first-order valence-corrected chi connectivity index (χ1v) is 7.66. The van der Waals surface area contributed by atoms with Gasteiger partial charge in [-0.2, -0.15) is 5.26 Å². The third-order valence-electron chi connectivity index (χ3n) is 2.72. The monoisotopic (exact) mass is 308 g/mol. The molecule has 0 saturated carbocycles. The highest BCUT2D eigenvalue weighted by Crippen LogP contribution is 2.25. The van der Waals surface area contributed by atoms with Crippen molar-refractivity contribution in [2.75, 3.05) is 11.6 Å². The Morgan fingerprint density at radius 2 is 1.62 bits per heavy atom. The van der Waals surface area contributed by atoms with Crippen molar-refractivity contribution < 1.29 is 17.2 Å². The van der Waals surface area contributed by atoms with Gasteiger partial charge in [0, 0.05) is 11.9 Å². The summed E-state index contributed by atoms with van der Waals surface area (Å²) in [6, 6.07) is 8.93. The Kier molecular flexibility index (Phi) is 3.91. The van der Waals surface area contributed by atoms with Crippen LogP contribution in [-0.2, 0) is 9.84 Å². The predicted octanol–water partition coefficient (Wildman–Crippen LogP) is 2.98. The Labute approximate surface area is 120 Å². The summed E-state index contributed by atoms with van der Waals surface area (Å²) in [6.07, 6.45) is 1.06. The molecule has 0 aromatic heterocycles. The minimum absolute atomic E-state index is 0.105. The zero-order valence-electron chi connectivity index (χ0n) is 10.9. The van der Waals surface area contributed by atoms with Gasteiger partial charge in [0.05, 0.1) is 16.5 Å². The molecule has 0 aliphatic heterocycles. The van der Waals surface area contributed by atoms with Gasteiger partial charge in [-0.3, -0.25) is 0 Å². The minimum Gasteiger partial charge on any atom is -0.351 e. The molecule has 0 aliphatic rings. The Morgan fingerprint density at radius 1 is 1.10 bits per heavy atom. The number of sulfone groups is 1. The van der Waals surface area contributed by atoms with E-state index in [-0.39, 0.29) is 10.5 Å². The molecule has 2 aromatic rings. The lowest BCUT2D eigenvalue weighted by Gasteiger charge is -2.09. The fourth-order valence-electron chi connectivity index (χ4n) is 1.69. The van der Waals surface area contributed by atoms with E-state index in [2.05, 4.69) is 5.32 Å². The number of nitriles is 1. The summed E-state index contributed by atoms with van der Waals surface area (Å²) in [4.78, 5) is 0.105. The molecule has 7 heteroatoms. The van der Waals surface area contributed by atoms with Gasteiger partial charge in [0.1, 0.15) is 5.69 Å². The first-order valence-electron chi connectivity index (χ1n) is 5.77. The van der Waals surface area contributed by atoms with E-state index in [1.54, 1.807) is 6.07 Å². The molecule has 2 rings (SSSR count). The Morgan fingerprint density at radius 3 is 2.05 bits per heavy atom. The summed E-state index contributed by atoms with van der Waals surface area (Å²) in [7, 11) is -3.33. The normalized spacial score (nSPS) is 11.0. The quantitative estimate of drug-likeness (QED) is 0.946. The average Bonchev–Trinajstić information content (AvgIpc) is 2.42. The molecule has 0 bridgehead atoms. The van der Waals surface area contributed by atoms with Crippen molar-refractivity contribution in [3.8, 4) is 6.07 Å². The molecule has 108 valence electrons. The third kappa shape index (κ3) is 3.35. The van der Waals surface area contributed by atoms with Gasteiger partial charge in [-0.15, -0.1) is 0 Å². The molecule has 0 fully saturated rings. The summed E-state index contributed by atoms with van der Waals surface area (Å²) in [6.45, 7) is 0. The van der Waals surface area contributed by atoms with Gasteiger partial charge in [0.25, 0.3) is 0 Å². The molecule has 0 saturated heterocycles. The maximum atomic E-state index is 13.7. The number of anilines is 2. The maximum Gasteiger partial charge on any atom is 0.175 e. The number of nitrogens with zero attached hydrogens (tertiary/aromatic N) is 1. The van der Waals surface area contributed by atoms with Gasteiger partial charge >= 0.3 is 0 Å². The van der Waals surface area contributed by atoms with E-state index in [0.29, 0.717) is 5.69 Å². The Hall–Kier alpha value is -2.46. The second-order valence-electron chi connectivity index (χ2n) is 4.35. The zero-order chi connectivity index (χ0) is 15.6. The van der Waals surface area contributed by atoms with Crippen molar-refractivity contribution >= 4 is 21.2 Å². The fourth-order valence-corrected chi connectivity index (χ4v) is 2.32. The van der Waals surface area contributed by atoms with Crippen molar-refractivity contribution in [3.63, 3.8) is 0 Å². The van der Waals surface area contributed by atoms with Crippen LogP contribution in [0.5, 0.6) is 0 Å². The average molecular weight is 308 g/mol. The van der Waals surface area contributed by atoms with Crippen molar-refractivity contribution in [2.24, 2.45) is 0 Å². The molecule has 0 spiro atoms. The molecule has 0 aliphatic carbocycles. The van der Waals surface area contributed by atoms with Gasteiger partial charge < -0.3 is 5.32 Å². The number of nitrogens with one attached hydrogen (secondary N) is 1. The molecule has 0 radical (unpaired) electrons. The summed E-state index contributed by atoms with van der Waals surface area (Å²) >= 11 is 0. The number of benzene rings is 2. The summed E-state index contributed by atoms with van der Waals surface area (Å²) in [5.74, 6) is -1.81. The highest BCUT2D eigenvalue weighted by Gasteiger charge is 2.12. The summed E-state index contributed by atoms with van der Waals surface area (Å²) < 4.78 is 50.0. The molecule has 0 heterocycles. The number of hydrogen-bond donors (Lipinski definition) is 1. The van der Waals surface area contributed by atoms with Crippen LogP contribution in [0.25, 0.3) is 0 Å². The first kappa shape index (κ1) is 14.9. The number of hydrogen-bond acceptors (Lipinski definition) is 4. The third-order valence-corrected chi connectivity index (χ3v) is 3.85. The molecule has 1 N–H and O–H groups in total. The standard InChI is InChI=1S/C14H10F2N2O2S/c1-21(19,20)11-4-2-10(3-5-11)18-14-12(15)6-9(8-17)7-13(14)16/h2-7,18H,1H3. The van der Waals surface area contributed by atoms with Gasteiger partial charge in [-0.25, -0.2) is 17.2 Å². The zero-order valence-corrected chi connectivity index (χ0v) is 11.7. The maximum absolute atomic E-state index is 13.7. The fraction of sp³-hybridized carbons (Fsp3) is 0.0714. The number of rotatable bonds is 3. The largest absolute Gasteiger partial charge is 0.351 e. The van der Waals surface area contributed by atoms with E-state index in [0.717, 1.165) is 18.4 Å². The topological polar surface area (TPSA) is 70.0 Å². The Balaban J connectivity index is 2.33. The van der Waals surface area contributed by atoms with E-state index in [1.165, 1.54) is 24.3 Å². The van der Waals surface area contributed by atoms with Crippen molar-refractivity contribution in [1.82, 2.24) is 0 Å². The second-order valence-corrected chi connectivity index (χ2v) is 6.36. The van der Waals surface area contributed by atoms with Gasteiger partial charge in [0.15, 0.2) is 21.5 Å². The van der Waals surface area contributed by atoms with Crippen LogP contribution < -0.4 is 5.32 Å². The van der Waals surface area contributed by atoms with Crippen LogP contribution in [0, 0.1) is 23.0 Å². The van der Waals surface area contributed by atoms with Crippen LogP contribution >= 0.6 is 0 Å². The SMILES string of the molecule is CS(=O)(=O)c1ccc(Nc2c(F)cc(C#N)cc2F)cc1. The molecular formula is C14H10F2N2O2S. The molecule has 0 atom stereocenters. The molecule has 4 nitrogen and oxygen atoms in total. The van der Waals surface area contributed by atoms with E-state index in [9.17, 15) is 17.2 Å². The highest BCUT2D eigenvalue weighted by atomic mass is 32.2.